The van der Waals surface area contributed by atoms with Crippen LogP contribution < -0.4 is 15.4 Å². The second-order valence-electron chi connectivity index (χ2n) is 6.12. The molecule has 2 N–H and O–H groups in total. The number of ether oxygens (including phenoxy) is 1. The molecule has 0 spiro atoms. The van der Waals surface area contributed by atoms with E-state index >= 15 is 0 Å². The number of carbonyl (C=O) groups excluding carboxylic acids is 1. The Bertz CT molecular complexity index is 1230. The monoisotopic (exact) mass is 361 g/mol. The van der Waals surface area contributed by atoms with Crippen molar-refractivity contribution in [3.8, 4) is 11.9 Å². The first-order valence-electron chi connectivity index (χ1n) is 7.92. The molecule has 0 saturated carbocycles. The molecule has 2 aromatic heterocycles. The Balaban J connectivity index is 1.92. The van der Waals surface area contributed by atoms with E-state index in [-0.39, 0.29) is 11.0 Å². The van der Waals surface area contributed by atoms with Gasteiger partial charge in [0.25, 0.3) is 5.91 Å². The van der Waals surface area contributed by atoms with E-state index in [1.165, 1.54) is 0 Å². The summed E-state index contributed by atoms with van der Waals surface area (Å²) in [6.07, 6.45) is 1.07. The zero-order chi connectivity index (χ0) is 18.0. The van der Waals surface area contributed by atoms with Crippen molar-refractivity contribution < 1.29 is 9.53 Å². The summed E-state index contributed by atoms with van der Waals surface area (Å²) in [6, 6.07) is 9.83. The highest BCUT2D eigenvalue weighted by atomic mass is 32.1. The number of imidazole rings is 1. The Morgan fingerprint density at radius 2 is 2.19 bits per heavy atom. The Hall–Kier alpha value is -3.44. The molecule has 1 aromatic carbocycles. The van der Waals surface area contributed by atoms with Crippen LogP contribution in [0.1, 0.15) is 16.7 Å². The summed E-state index contributed by atoms with van der Waals surface area (Å²) < 4.78 is 7.94. The third-order valence-electron chi connectivity index (χ3n) is 4.67. The summed E-state index contributed by atoms with van der Waals surface area (Å²) >= 11 is 5.06. The summed E-state index contributed by atoms with van der Waals surface area (Å²) in [5.74, 6) is 0.224. The minimum absolute atomic E-state index is 0.220. The van der Waals surface area contributed by atoms with E-state index in [0.29, 0.717) is 28.2 Å². The predicted molar refractivity (Wildman–Crippen MR) is 98.4 cm³/mol. The van der Waals surface area contributed by atoms with Crippen LogP contribution in [0.4, 0.5) is 0 Å². The number of para-hydroxylation sites is 2. The first-order chi connectivity index (χ1) is 12.6. The fourth-order valence-electron chi connectivity index (χ4n) is 3.43. The molecular formula is C18H11N5O2S. The first kappa shape index (κ1) is 14.9. The molecule has 1 fully saturated rings. The number of fused-ring (bicyclic) bond motifs is 6. The standard InChI is InChI=1S/C18H11N5O2S/c1-8-9-6-10-15(24)21-18(26)22-16(10)25-17(9)23-13-5-3-2-4-12(13)20-14(23)11(8)7-19/h2-6,16H,1H3,(H2,21,22,24,26)/t16-/m0/s1. The van der Waals surface area contributed by atoms with E-state index < -0.39 is 6.23 Å². The third-order valence-corrected chi connectivity index (χ3v) is 4.89. The molecule has 0 aliphatic carbocycles. The lowest BCUT2D eigenvalue weighted by Crippen LogP contribution is -2.56. The number of nitriles is 1. The molecule has 1 amide bonds. The smallest absolute Gasteiger partial charge is 0.259 e. The van der Waals surface area contributed by atoms with E-state index in [9.17, 15) is 10.1 Å². The van der Waals surface area contributed by atoms with E-state index in [4.69, 9.17) is 17.0 Å². The van der Waals surface area contributed by atoms with Gasteiger partial charge in [-0.05, 0) is 42.9 Å². The Morgan fingerprint density at radius 3 is 3.00 bits per heavy atom. The molecule has 2 aliphatic rings. The van der Waals surface area contributed by atoms with Crippen LogP contribution in [0.15, 0.2) is 29.8 Å². The van der Waals surface area contributed by atoms with Gasteiger partial charge >= 0.3 is 0 Å². The van der Waals surface area contributed by atoms with Crippen LogP contribution in [0.25, 0.3) is 22.8 Å². The highest BCUT2D eigenvalue weighted by molar-refractivity contribution is 7.80. The second kappa shape index (κ2) is 5.03. The molecule has 0 unspecified atom stereocenters. The number of rotatable bonds is 0. The lowest BCUT2D eigenvalue weighted by atomic mass is 9.99. The SMILES string of the molecule is Cc1c2c(n3c(nc4ccccc43)c1C#N)O[C@@H]1NC(=S)NC(=O)C1=C2. The van der Waals surface area contributed by atoms with Crippen LogP contribution in [0.3, 0.4) is 0 Å². The van der Waals surface area contributed by atoms with Gasteiger partial charge in [0.2, 0.25) is 12.1 Å². The maximum absolute atomic E-state index is 12.3. The molecule has 126 valence electrons. The lowest BCUT2D eigenvalue weighted by molar-refractivity contribution is -0.117. The molecule has 0 radical (unpaired) electrons. The molecule has 3 aromatic rings. The molecule has 5 rings (SSSR count). The summed E-state index contributed by atoms with van der Waals surface area (Å²) in [5.41, 5.74) is 4.41. The van der Waals surface area contributed by atoms with Crippen LogP contribution in [0, 0.1) is 18.3 Å². The summed E-state index contributed by atoms with van der Waals surface area (Å²) in [6.45, 7) is 1.83. The van der Waals surface area contributed by atoms with Gasteiger partial charge in [-0.15, -0.1) is 0 Å². The minimum Gasteiger partial charge on any atom is -0.450 e. The van der Waals surface area contributed by atoms with Crippen molar-refractivity contribution in [3.05, 3.63) is 46.5 Å². The zero-order valence-corrected chi connectivity index (χ0v) is 14.3. The summed E-state index contributed by atoms with van der Waals surface area (Å²) in [4.78, 5) is 16.9. The normalized spacial score (nSPS) is 18.3. The Kier molecular flexibility index (Phi) is 2.88. The summed E-state index contributed by atoms with van der Waals surface area (Å²) in [7, 11) is 0. The van der Waals surface area contributed by atoms with Crippen LogP contribution in [-0.4, -0.2) is 26.6 Å². The lowest BCUT2D eigenvalue weighted by Gasteiger charge is -2.32. The van der Waals surface area contributed by atoms with E-state index in [0.717, 1.165) is 16.6 Å². The molecular weight excluding hydrogens is 350 g/mol. The first-order valence-corrected chi connectivity index (χ1v) is 8.33. The quantitative estimate of drug-likeness (QED) is 0.593. The molecule has 2 aliphatic heterocycles. The molecule has 7 nitrogen and oxygen atoms in total. The topological polar surface area (TPSA) is 91.5 Å². The van der Waals surface area contributed by atoms with Crippen molar-refractivity contribution in [2.45, 2.75) is 13.2 Å². The number of nitrogens with one attached hydrogen (secondary N) is 2. The fourth-order valence-corrected chi connectivity index (χ4v) is 3.63. The highest BCUT2D eigenvalue weighted by Gasteiger charge is 2.35. The molecule has 4 heterocycles. The number of thiocarbonyl (C=S) groups is 1. The molecule has 26 heavy (non-hydrogen) atoms. The van der Waals surface area contributed by atoms with Crippen molar-refractivity contribution in [2.75, 3.05) is 0 Å². The summed E-state index contributed by atoms with van der Waals surface area (Å²) in [5, 5.41) is 15.4. The van der Waals surface area contributed by atoms with Crippen molar-refractivity contribution in [1.29, 1.82) is 5.26 Å². The second-order valence-corrected chi connectivity index (χ2v) is 6.52. The number of benzene rings is 1. The van der Waals surface area contributed by atoms with Gasteiger partial charge in [-0.2, -0.15) is 5.26 Å². The molecule has 1 saturated heterocycles. The number of hydrogen-bond donors (Lipinski definition) is 2. The average Bonchev–Trinajstić information content (AvgIpc) is 3.00. The maximum Gasteiger partial charge on any atom is 0.259 e. The van der Waals surface area contributed by atoms with Crippen LogP contribution in [0.2, 0.25) is 0 Å². The fraction of sp³-hybridized carbons (Fsp3) is 0.111. The number of carbonyl (C=O) groups is 1. The molecule has 8 heteroatoms. The van der Waals surface area contributed by atoms with Crippen molar-refractivity contribution in [2.24, 2.45) is 0 Å². The maximum atomic E-state index is 12.3. The number of aromatic nitrogens is 2. The third kappa shape index (κ3) is 1.83. The highest BCUT2D eigenvalue weighted by Crippen LogP contribution is 2.37. The Morgan fingerprint density at radius 1 is 1.38 bits per heavy atom. The van der Waals surface area contributed by atoms with Gasteiger partial charge in [0.1, 0.15) is 6.07 Å². The average molecular weight is 361 g/mol. The van der Waals surface area contributed by atoms with Crippen LogP contribution in [-0.2, 0) is 4.79 Å². The van der Waals surface area contributed by atoms with Crippen molar-refractivity contribution in [1.82, 2.24) is 20.0 Å². The van der Waals surface area contributed by atoms with Gasteiger partial charge in [0, 0.05) is 5.56 Å². The van der Waals surface area contributed by atoms with Gasteiger partial charge in [-0.3, -0.25) is 14.5 Å². The Labute approximate surface area is 152 Å². The van der Waals surface area contributed by atoms with Crippen molar-refractivity contribution >= 4 is 46.0 Å². The molecule has 1 atom stereocenters. The zero-order valence-electron chi connectivity index (χ0n) is 13.5. The number of nitrogens with zero attached hydrogens (tertiary/aromatic N) is 3. The predicted octanol–water partition coefficient (Wildman–Crippen LogP) is 1.77. The van der Waals surface area contributed by atoms with Crippen LogP contribution in [0.5, 0.6) is 5.88 Å². The van der Waals surface area contributed by atoms with Gasteiger partial charge in [0.15, 0.2) is 10.8 Å². The van der Waals surface area contributed by atoms with E-state index in [1.807, 2.05) is 35.6 Å². The minimum atomic E-state index is -0.680. The van der Waals surface area contributed by atoms with Crippen molar-refractivity contribution in [3.63, 3.8) is 0 Å². The number of hydrogen-bond acceptors (Lipinski definition) is 5. The van der Waals surface area contributed by atoms with E-state index in [1.54, 1.807) is 6.08 Å². The van der Waals surface area contributed by atoms with Gasteiger partial charge in [0.05, 0.1) is 22.2 Å². The van der Waals surface area contributed by atoms with E-state index in [2.05, 4.69) is 21.7 Å². The van der Waals surface area contributed by atoms with Crippen LogP contribution >= 0.6 is 12.2 Å². The number of amides is 1. The van der Waals surface area contributed by atoms with Gasteiger partial charge in [-0.1, -0.05) is 12.1 Å². The van der Waals surface area contributed by atoms with Gasteiger partial charge in [-0.25, -0.2) is 4.98 Å². The molecule has 0 bridgehead atoms. The largest absolute Gasteiger partial charge is 0.450 e. The van der Waals surface area contributed by atoms with Gasteiger partial charge < -0.3 is 10.1 Å². The number of pyridine rings is 1.